The summed E-state index contributed by atoms with van der Waals surface area (Å²) < 4.78 is 11.5. The number of ether oxygens (including phenoxy) is 1. The number of hydrogen-bond donors (Lipinski definition) is 1. The van der Waals surface area contributed by atoms with E-state index in [2.05, 4.69) is 13.2 Å². The number of carboxylic acid groups (broad SMARTS) is 1. The molecule has 1 aromatic rings. The molecular weight excluding hydrogens is 320 g/mol. The summed E-state index contributed by atoms with van der Waals surface area (Å²) in [6, 6.07) is 1.54. The highest BCUT2D eigenvalue weighted by atomic mass is 16.5. The average Bonchev–Trinajstić information content (AvgIpc) is 3.05. The maximum atomic E-state index is 12.2. The predicted molar refractivity (Wildman–Crippen MR) is 92.4 cm³/mol. The first kappa shape index (κ1) is 17.3. The van der Waals surface area contributed by atoms with Crippen molar-refractivity contribution in [1.82, 2.24) is 0 Å². The van der Waals surface area contributed by atoms with Gasteiger partial charge in [0.05, 0.1) is 5.92 Å². The van der Waals surface area contributed by atoms with Gasteiger partial charge in [-0.2, -0.15) is 0 Å². The Morgan fingerprint density at radius 2 is 2.00 bits per heavy atom. The lowest BCUT2D eigenvalue weighted by Gasteiger charge is -2.20. The molecule has 0 radical (unpaired) electrons. The zero-order valence-corrected chi connectivity index (χ0v) is 14.5. The molecule has 1 aromatic heterocycles. The Bertz CT molecular complexity index is 795. The van der Waals surface area contributed by atoms with E-state index in [4.69, 9.17) is 9.15 Å². The zero-order valence-electron chi connectivity index (χ0n) is 14.5. The van der Waals surface area contributed by atoms with Gasteiger partial charge >= 0.3 is 11.9 Å². The van der Waals surface area contributed by atoms with E-state index in [0.717, 1.165) is 11.1 Å². The number of carboxylic acids is 1. The molecule has 132 valence electrons. The molecule has 0 aliphatic carbocycles. The number of hydrogen-bond acceptors (Lipinski definition) is 4. The van der Waals surface area contributed by atoms with Crippen molar-refractivity contribution < 1.29 is 23.8 Å². The Morgan fingerprint density at radius 3 is 2.60 bits per heavy atom. The molecule has 5 heteroatoms. The molecule has 3 heterocycles. The highest BCUT2D eigenvalue weighted by Crippen LogP contribution is 2.39. The van der Waals surface area contributed by atoms with Gasteiger partial charge in [-0.1, -0.05) is 24.3 Å². The van der Waals surface area contributed by atoms with Crippen LogP contribution in [0.2, 0.25) is 0 Å². The van der Waals surface area contributed by atoms with Crippen LogP contribution in [0.3, 0.4) is 0 Å². The summed E-state index contributed by atoms with van der Waals surface area (Å²) in [7, 11) is 0. The number of furan rings is 1. The molecule has 3 atom stereocenters. The van der Waals surface area contributed by atoms with Crippen molar-refractivity contribution in [3.63, 3.8) is 0 Å². The third-order valence-corrected chi connectivity index (χ3v) is 4.99. The van der Waals surface area contributed by atoms with Crippen molar-refractivity contribution in [2.75, 3.05) is 0 Å². The van der Waals surface area contributed by atoms with Crippen molar-refractivity contribution in [3.05, 3.63) is 59.1 Å². The van der Waals surface area contributed by atoms with Gasteiger partial charge in [-0.25, -0.2) is 9.59 Å². The normalized spacial score (nSPS) is 25.6. The van der Waals surface area contributed by atoms with Crippen LogP contribution in [0, 0.1) is 5.92 Å². The van der Waals surface area contributed by atoms with Crippen LogP contribution < -0.4 is 0 Å². The number of esters is 1. The quantitative estimate of drug-likeness (QED) is 0.663. The topological polar surface area (TPSA) is 76.7 Å². The number of carbonyl (C=O) groups is 2. The standard InChI is InChI=1S/C20H22O5/c1-10(2)12-5-6-13-8-16(25-20(13)23)18(11(3)4)17-9-14(19(21)22)15(7-12)24-17/h8-9,12,16,18H,1,3,5-7H2,2,4H3,(H,21,22)/t12-,16-,18+/m1/s1. The fraction of sp³-hybridized carbons (Fsp3) is 0.400. The van der Waals surface area contributed by atoms with Crippen LogP contribution in [-0.2, 0) is 16.0 Å². The molecule has 0 aromatic carbocycles. The second-order valence-corrected chi connectivity index (χ2v) is 6.96. The van der Waals surface area contributed by atoms with Crippen LogP contribution >= 0.6 is 0 Å². The molecule has 25 heavy (non-hydrogen) atoms. The van der Waals surface area contributed by atoms with Crippen molar-refractivity contribution in [1.29, 1.82) is 0 Å². The third-order valence-electron chi connectivity index (χ3n) is 4.99. The number of allylic oxidation sites excluding steroid dienone is 1. The summed E-state index contributed by atoms with van der Waals surface area (Å²) >= 11 is 0. The molecule has 0 spiro atoms. The van der Waals surface area contributed by atoms with Crippen LogP contribution in [0.25, 0.3) is 0 Å². The van der Waals surface area contributed by atoms with E-state index >= 15 is 0 Å². The lowest BCUT2D eigenvalue weighted by Crippen LogP contribution is -2.19. The third kappa shape index (κ3) is 3.18. The molecule has 0 saturated carbocycles. The summed E-state index contributed by atoms with van der Waals surface area (Å²) in [5, 5.41) is 9.54. The molecule has 5 nitrogen and oxygen atoms in total. The molecule has 1 N–H and O–H groups in total. The van der Waals surface area contributed by atoms with E-state index in [1.165, 1.54) is 6.07 Å². The first-order valence-corrected chi connectivity index (χ1v) is 8.36. The van der Waals surface area contributed by atoms with Crippen LogP contribution in [0.1, 0.15) is 54.5 Å². The van der Waals surface area contributed by atoms with Gasteiger partial charge in [-0.3, -0.25) is 0 Å². The molecular formula is C20H22O5. The number of fused-ring (bicyclic) bond motifs is 3. The molecule has 0 fully saturated rings. The highest BCUT2D eigenvalue weighted by Gasteiger charge is 2.37. The average molecular weight is 342 g/mol. The van der Waals surface area contributed by atoms with Gasteiger partial charge in [-0.15, -0.1) is 0 Å². The summed E-state index contributed by atoms with van der Waals surface area (Å²) in [4.78, 5) is 23.8. The fourth-order valence-corrected chi connectivity index (χ4v) is 3.55. The van der Waals surface area contributed by atoms with Crippen LogP contribution in [0.15, 0.2) is 46.4 Å². The van der Waals surface area contributed by atoms with E-state index in [1.54, 1.807) is 0 Å². The van der Waals surface area contributed by atoms with E-state index in [0.29, 0.717) is 36.4 Å². The van der Waals surface area contributed by atoms with E-state index in [-0.39, 0.29) is 17.5 Å². The van der Waals surface area contributed by atoms with Crippen molar-refractivity contribution >= 4 is 11.9 Å². The lowest BCUT2D eigenvalue weighted by molar-refractivity contribution is -0.140. The van der Waals surface area contributed by atoms with E-state index < -0.39 is 18.0 Å². The van der Waals surface area contributed by atoms with E-state index in [1.807, 2.05) is 19.9 Å². The molecule has 2 aliphatic rings. The maximum absolute atomic E-state index is 12.2. The molecule has 0 saturated heterocycles. The van der Waals surface area contributed by atoms with Gasteiger partial charge in [0.15, 0.2) is 0 Å². The number of carbonyl (C=O) groups excluding carboxylic acids is 1. The largest absolute Gasteiger partial charge is 0.478 e. The van der Waals surface area contributed by atoms with Gasteiger partial charge in [0.25, 0.3) is 0 Å². The van der Waals surface area contributed by atoms with Gasteiger partial charge in [-0.05, 0) is 44.7 Å². The molecule has 0 unspecified atom stereocenters. The first-order valence-electron chi connectivity index (χ1n) is 8.36. The van der Waals surface area contributed by atoms with Crippen LogP contribution in [0.4, 0.5) is 0 Å². The Morgan fingerprint density at radius 1 is 1.28 bits per heavy atom. The van der Waals surface area contributed by atoms with Crippen molar-refractivity contribution in [3.8, 4) is 0 Å². The predicted octanol–water partition coefficient (Wildman–Crippen LogP) is 4.02. The summed E-state index contributed by atoms with van der Waals surface area (Å²) in [5.74, 6) is -0.792. The highest BCUT2D eigenvalue weighted by molar-refractivity contribution is 5.91. The SMILES string of the molecule is C=C(C)[C@@H]1CCC2=C[C@@H](OC2=O)[C@H](C(=C)C)c2cc(C(=O)O)c(o2)C1. The molecule has 0 amide bonds. The molecule has 3 rings (SSSR count). The lowest BCUT2D eigenvalue weighted by atomic mass is 9.87. The Kier molecular flexibility index (Phi) is 4.41. The fourth-order valence-electron chi connectivity index (χ4n) is 3.55. The Hall–Kier alpha value is -2.56. The number of aromatic carboxylic acids is 1. The second kappa shape index (κ2) is 6.39. The summed E-state index contributed by atoms with van der Waals surface area (Å²) in [6.07, 6.45) is 3.03. The minimum Gasteiger partial charge on any atom is -0.478 e. The summed E-state index contributed by atoms with van der Waals surface area (Å²) in [6.45, 7) is 11.7. The first-order chi connectivity index (χ1) is 11.8. The second-order valence-electron chi connectivity index (χ2n) is 6.96. The van der Waals surface area contributed by atoms with Gasteiger partial charge in [0.2, 0.25) is 0 Å². The molecule has 4 bridgehead atoms. The van der Waals surface area contributed by atoms with Crippen LogP contribution in [-0.4, -0.2) is 23.1 Å². The zero-order chi connectivity index (χ0) is 18.3. The Labute approximate surface area is 146 Å². The van der Waals surface area contributed by atoms with Crippen LogP contribution in [0.5, 0.6) is 0 Å². The smallest absolute Gasteiger partial charge is 0.339 e. The van der Waals surface area contributed by atoms with Crippen molar-refractivity contribution in [2.24, 2.45) is 5.92 Å². The summed E-state index contributed by atoms with van der Waals surface area (Å²) in [5.41, 5.74) is 2.51. The maximum Gasteiger partial charge on any atom is 0.339 e. The minimum atomic E-state index is -1.03. The minimum absolute atomic E-state index is 0.0335. The molecule has 2 aliphatic heterocycles. The van der Waals surface area contributed by atoms with Gasteiger partial charge in [0.1, 0.15) is 23.2 Å². The van der Waals surface area contributed by atoms with E-state index in [9.17, 15) is 14.7 Å². The van der Waals surface area contributed by atoms with Gasteiger partial charge in [0, 0.05) is 12.0 Å². The van der Waals surface area contributed by atoms with Gasteiger partial charge < -0.3 is 14.3 Å². The Balaban J connectivity index is 2.14. The number of rotatable bonds is 3. The monoisotopic (exact) mass is 342 g/mol. The van der Waals surface area contributed by atoms with Crippen molar-refractivity contribution in [2.45, 2.75) is 45.1 Å².